The second-order valence-corrected chi connectivity index (χ2v) is 14.2. The van der Waals surface area contributed by atoms with E-state index in [0.29, 0.717) is 47.3 Å². The van der Waals surface area contributed by atoms with E-state index in [-0.39, 0.29) is 23.8 Å². The molecule has 9 nitrogen and oxygen atoms in total. The minimum Gasteiger partial charge on any atom is -0.464 e. The summed E-state index contributed by atoms with van der Waals surface area (Å²) in [5.41, 5.74) is 6.51. The van der Waals surface area contributed by atoms with E-state index >= 15 is 0 Å². The van der Waals surface area contributed by atoms with Crippen molar-refractivity contribution >= 4 is 38.6 Å². The monoisotopic (exact) mass is 664 g/mol. The molecule has 2 amide bonds. The van der Waals surface area contributed by atoms with E-state index in [4.69, 9.17) is 9.15 Å². The molecule has 6 rings (SSSR count). The Kier molecular flexibility index (Phi) is 9.19. The number of sulfone groups is 1. The molecule has 10 heteroatoms. The van der Waals surface area contributed by atoms with Gasteiger partial charge in [-0.05, 0) is 84.0 Å². The van der Waals surface area contributed by atoms with E-state index < -0.39 is 27.8 Å². The smallest absolute Gasteiger partial charge is 0.329 e. The van der Waals surface area contributed by atoms with Crippen molar-refractivity contribution in [1.82, 2.24) is 10.2 Å². The fourth-order valence-electron chi connectivity index (χ4n) is 6.31. The lowest BCUT2D eigenvalue weighted by Gasteiger charge is -2.31. The topological polar surface area (TPSA) is 123 Å². The van der Waals surface area contributed by atoms with Crippen LogP contribution in [0, 0.1) is 13.8 Å². The number of rotatable bonds is 9. The van der Waals surface area contributed by atoms with Crippen LogP contribution in [-0.2, 0) is 45.4 Å². The summed E-state index contributed by atoms with van der Waals surface area (Å²) in [4.78, 5) is 42.7. The molecule has 1 atom stereocenters. The van der Waals surface area contributed by atoms with Crippen LogP contribution in [0.1, 0.15) is 54.1 Å². The summed E-state index contributed by atoms with van der Waals surface area (Å²) < 4.78 is 35.5. The van der Waals surface area contributed by atoms with Crippen LogP contribution in [0.3, 0.4) is 0 Å². The molecule has 1 aliphatic heterocycles. The Hall–Kier alpha value is -5.22. The van der Waals surface area contributed by atoms with Gasteiger partial charge in [-0.25, -0.2) is 13.2 Å². The van der Waals surface area contributed by atoms with Crippen LogP contribution in [0.2, 0.25) is 0 Å². The Morgan fingerprint density at radius 3 is 2.48 bits per heavy atom. The van der Waals surface area contributed by atoms with Crippen molar-refractivity contribution in [2.75, 3.05) is 12.8 Å². The molecule has 0 saturated carbocycles. The first-order valence-electron chi connectivity index (χ1n) is 15.7. The number of benzene rings is 4. The van der Waals surface area contributed by atoms with E-state index in [1.54, 1.807) is 35.4 Å². The van der Waals surface area contributed by atoms with Crippen molar-refractivity contribution in [3.05, 3.63) is 136 Å². The van der Waals surface area contributed by atoms with Gasteiger partial charge < -0.3 is 19.4 Å². The number of hydrogen-bond donors (Lipinski definition) is 1. The average molecular weight is 665 g/mol. The highest BCUT2D eigenvalue weighted by molar-refractivity contribution is 7.90. The first-order chi connectivity index (χ1) is 23.0. The van der Waals surface area contributed by atoms with Crippen molar-refractivity contribution in [2.45, 2.75) is 50.8 Å². The third-order valence-corrected chi connectivity index (χ3v) is 9.90. The number of hydrogen-bond acceptors (Lipinski definition) is 7. The highest BCUT2D eigenvalue weighted by Crippen LogP contribution is 2.29. The molecule has 1 N–H and O–H groups in total. The van der Waals surface area contributed by atoms with Gasteiger partial charge in [0, 0.05) is 42.3 Å². The summed E-state index contributed by atoms with van der Waals surface area (Å²) in [6.07, 6.45) is 3.32. The molecule has 1 aromatic heterocycles. The van der Waals surface area contributed by atoms with Crippen molar-refractivity contribution in [2.24, 2.45) is 0 Å². The number of esters is 1. The van der Waals surface area contributed by atoms with E-state index in [9.17, 15) is 22.8 Å². The minimum absolute atomic E-state index is 0.0247. The molecule has 5 aromatic rings. The number of nitrogens with one attached hydrogen (secondary N) is 1. The maximum atomic E-state index is 13.9. The zero-order valence-electron chi connectivity index (χ0n) is 27.0. The van der Waals surface area contributed by atoms with Gasteiger partial charge in [-0.3, -0.25) is 9.59 Å². The molecular formula is C38H36N2O7S. The standard InChI is InChI=1S/C38H36N2O7S/c1-24-18-30-22-40(37(42)29-13-12-28-15-17-46-34(28)21-29)16-14-32(30)25(2)35(24)36(41)39-33(38(43)47-23-26-8-5-4-6-9-26)20-27-10-7-11-31(19-27)48(3,44)45/h4-13,15,17-19,21,33H,14,16,20,22-23H2,1-3H3,(H,39,41). The highest BCUT2D eigenvalue weighted by Gasteiger charge is 2.29. The van der Waals surface area contributed by atoms with Gasteiger partial charge in [-0.2, -0.15) is 0 Å². The van der Waals surface area contributed by atoms with Gasteiger partial charge in [0.05, 0.1) is 11.2 Å². The number of fused-ring (bicyclic) bond motifs is 2. The van der Waals surface area contributed by atoms with Gasteiger partial charge in [0.25, 0.3) is 11.8 Å². The molecule has 2 heterocycles. The van der Waals surface area contributed by atoms with Crippen LogP contribution in [-0.4, -0.2) is 49.9 Å². The Balaban J connectivity index is 1.23. The predicted octanol–water partition coefficient (Wildman–Crippen LogP) is 5.74. The second-order valence-electron chi connectivity index (χ2n) is 12.2. The molecule has 246 valence electrons. The third kappa shape index (κ3) is 7.03. The van der Waals surface area contributed by atoms with E-state index in [2.05, 4.69) is 5.32 Å². The molecule has 0 saturated heterocycles. The Morgan fingerprint density at radius 2 is 1.71 bits per heavy atom. The van der Waals surface area contributed by atoms with Gasteiger partial charge in [-0.15, -0.1) is 0 Å². The minimum atomic E-state index is -3.48. The maximum absolute atomic E-state index is 13.9. The summed E-state index contributed by atoms with van der Waals surface area (Å²) in [5.74, 6) is -1.15. The van der Waals surface area contributed by atoms with Crippen LogP contribution in [0.4, 0.5) is 0 Å². The summed E-state index contributed by atoms with van der Waals surface area (Å²) in [5, 5.41) is 3.82. The van der Waals surface area contributed by atoms with Crippen LogP contribution in [0.25, 0.3) is 11.0 Å². The summed E-state index contributed by atoms with van der Waals surface area (Å²) in [6, 6.07) is 23.7. The maximum Gasteiger partial charge on any atom is 0.329 e. The molecule has 0 aliphatic carbocycles. The molecular weight excluding hydrogens is 628 g/mol. The van der Waals surface area contributed by atoms with Crippen LogP contribution >= 0.6 is 0 Å². The van der Waals surface area contributed by atoms with Crippen molar-refractivity contribution in [3.8, 4) is 0 Å². The summed E-state index contributed by atoms with van der Waals surface area (Å²) in [7, 11) is -3.48. The number of carbonyl (C=O) groups excluding carboxylic acids is 3. The molecule has 0 radical (unpaired) electrons. The number of amides is 2. The van der Waals surface area contributed by atoms with Crippen molar-refractivity contribution < 1.29 is 32.0 Å². The number of furan rings is 1. The lowest BCUT2D eigenvalue weighted by atomic mass is 9.88. The summed E-state index contributed by atoms with van der Waals surface area (Å²) in [6.45, 7) is 4.64. The van der Waals surface area contributed by atoms with E-state index in [1.807, 2.05) is 62.4 Å². The number of carbonyl (C=O) groups is 3. The van der Waals surface area contributed by atoms with Gasteiger partial charge in [-0.1, -0.05) is 54.6 Å². The quantitative estimate of drug-likeness (QED) is 0.200. The highest BCUT2D eigenvalue weighted by atomic mass is 32.2. The fourth-order valence-corrected chi connectivity index (χ4v) is 7.00. The molecule has 0 spiro atoms. The van der Waals surface area contributed by atoms with Crippen LogP contribution in [0.15, 0.2) is 101 Å². The normalized spacial score (nSPS) is 13.5. The lowest BCUT2D eigenvalue weighted by Crippen LogP contribution is -2.44. The first kappa shape index (κ1) is 32.7. The average Bonchev–Trinajstić information content (AvgIpc) is 3.55. The summed E-state index contributed by atoms with van der Waals surface area (Å²) >= 11 is 0. The Morgan fingerprint density at radius 1 is 0.938 bits per heavy atom. The predicted molar refractivity (Wildman–Crippen MR) is 181 cm³/mol. The van der Waals surface area contributed by atoms with Gasteiger partial charge in [0.1, 0.15) is 18.2 Å². The third-order valence-electron chi connectivity index (χ3n) is 8.79. The molecule has 4 aromatic carbocycles. The van der Waals surface area contributed by atoms with Crippen molar-refractivity contribution in [1.29, 1.82) is 0 Å². The molecule has 48 heavy (non-hydrogen) atoms. The number of nitrogens with zero attached hydrogens (tertiary/aromatic N) is 1. The molecule has 0 bridgehead atoms. The Bertz CT molecular complexity index is 2140. The first-order valence-corrected chi connectivity index (χ1v) is 17.6. The molecule has 1 unspecified atom stereocenters. The van der Waals surface area contributed by atoms with E-state index in [1.165, 1.54) is 12.1 Å². The lowest BCUT2D eigenvalue weighted by molar-refractivity contribution is -0.147. The zero-order valence-corrected chi connectivity index (χ0v) is 27.8. The van der Waals surface area contributed by atoms with Crippen molar-refractivity contribution in [3.63, 3.8) is 0 Å². The Labute approximate surface area is 279 Å². The molecule has 0 fully saturated rings. The van der Waals surface area contributed by atoms with Crippen LogP contribution < -0.4 is 5.32 Å². The van der Waals surface area contributed by atoms with Gasteiger partial charge in [0.2, 0.25) is 0 Å². The van der Waals surface area contributed by atoms with Gasteiger partial charge in [0.15, 0.2) is 9.84 Å². The van der Waals surface area contributed by atoms with E-state index in [0.717, 1.165) is 33.9 Å². The number of aryl methyl sites for hydroxylation is 1. The second kappa shape index (κ2) is 13.5. The van der Waals surface area contributed by atoms with Crippen LogP contribution in [0.5, 0.6) is 0 Å². The fraction of sp³-hybridized carbons (Fsp3) is 0.237. The molecule has 1 aliphatic rings. The number of ether oxygens (including phenoxy) is 1. The zero-order chi connectivity index (χ0) is 34.0. The largest absolute Gasteiger partial charge is 0.464 e. The van der Waals surface area contributed by atoms with Gasteiger partial charge >= 0.3 is 5.97 Å². The SMILES string of the molecule is Cc1cc2c(c(C)c1C(=O)NC(Cc1cccc(S(C)(=O)=O)c1)C(=O)OCc1ccccc1)CCN(C(=O)c1ccc3ccoc3c1)C2.